The molecule has 206 valence electrons. The second-order valence-electron chi connectivity index (χ2n) is 8.45. The highest BCUT2D eigenvalue weighted by atomic mass is 32.2. The van der Waals surface area contributed by atoms with Crippen LogP contribution in [0.1, 0.15) is 15.9 Å². The van der Waals surface area contributed by atoms with Crippen LogP contribution >= 0.6 is 11.3 Å². The standard InChI is InChI=1S/C27H20N6O6S2/c34-27(35)21-9-4-5-10-22(21)31-41(38,39)25-15-20(33(36)37)12-13-23(25)29-28-16-18-17-32(19-7-2-1-3-8-19)30-26(18)24-11-6-14-40-24/h1-17,29,31H,(H,34,35)/b28-16+. The topological polar surface area (TPSA) is 169 Å². The number of carboxylic acids is 1. The molecule has 2 aromatic heterocycles. The van der Waals surface area contributed by atoms with Crippen molar-refractivity contribution in [2.75, 3.05) is 10.1 Å². The molecule has 2 heterocycles. The van der Waals surface area contributed by atoms with Gasteiger partial charge in [0.2, 0.25) is 0 Å². The van der Waals surface area contributed by atoms with Gasteiger partial charge in [-0.3, -0.25) is 20.3 Å². The fourth-order valence-electron chi connectivity index (χ4n) is 3.87. The van der Waals surface area contributed by atoms with Gasteiger partial charge in [0, 0.05) is 23.9 Å². The SMILES string of the molecule is O=C(O)c1ccccc1NS(=O)(=O)c1cc([N+](=O)[O-])ccc1N/N=C/c1cn(-c2ccccc2)nc1-c1cccs1. The smallest absolute Gasteiger partial charge is 0.337 e. The molecule has 41 heavy (non-hydrogen) atoms. The molecule has 0 fully saturated rings. The van der Waals surface area contributed by atoms with Gasteiger partial charge in [-0.2, -0.15) is 10.2 Å². The zero-order valence-electron chi connectivity index (χ0n) is 20.9. The molecular weight excluding hydrogens is 568 g/mol. The molecule has 0 saturated heterocycles. The lowest BCUT2D eigenvalue weighted by molar-refractivity contribution is -0.385. The Balaban J connectivity index is 1.50. The summed E-state index contributed by atoms with van der Waals surface area (Å²) in [5.41, 5.74) is 3.73. The number of benzene rings is 3. The molecule has 0 aliphatic rings. The maximum atomic E-state index is 13.3. The van der Waals surface area contributed by atoms with Crippen molar-refractivity contribution in [3.63, 3.8) is 0 Å². The van der Waals surface area contributed by atoms with Crippen molar-refractivity contribution in [2.45, 2.75) is 4.90 Å². The van der Waals surface area contributed by atoms with Gasteiger partial charge in [0.15, 0.2) is 0 Å². The average Bonchev–Trinajstić information content (AvgIpc) is 3.64. The summed E-state index contributed by atoms with van der Waals surface area (Å²) in [4.78, 5) is 22.6. The number of aromatic carboxylic acids is 1. The number of carbonyl (C=O) groups is 1. The molecule has 3 N–H and O–H groups in total. The van der Waals surface area contributed by atoms with Crippen LogP contribution in [0.5, 0.6) is 0 Å². The molecular formula is C27H20N6O6S2. The lowest BCUT2D eigenvalue weighted by atomic mass is 10.2. The number of sulfonamides is 1. The number of rotatable bonds is 10. The second kappa shape index (κ2) is 11.4. The molecule has 0 saturated carbocycles. The Morgan fingerprint density at radius 2 is 1.78 bits per heavy atom. The monoisotopic (exact) mass is 588 g/mol. The number of hydrogen-bond donors (Lipinski definition) is 3. The Hall–Kier alpha value is -5.34. The van der Waals surface area contributed by atoms with Crippen molar-refractivity contribution in [1.29, 1.82) is 0 Å². The molecule has 3 aromatic carbocycles. The Bertz CT molecular complexity index is 1870. The first-order valence-electron chi connectivity index (χ1n) is 11.8. The summed E-state index contributed by atoms with van der Waals surface area (Å²) >= 11 is 1.49. The third-order valence-electron chi connectivity index (χ3n) is 5.77. The highest BCUT2D eigenvalue weighted by molar-refractivity contribution is 7.93. The molecule has 0 spiro atoms. The largest absolute Gasteiger partial charge is 0.478 e. The Morgan fingerprint density at radius 1 is 1.02 bits per heavy atom. The Morgan fingerprint density at radius 3 is 2.49 bits per heavy atom. The number of nitrogens with zero attached hydrogens (tertiary/aromatic N) is 4. The van der Waals surface area contributed by atoms with E-state index in [2.05, 4.69) is 20.3 Å². The quantitative estimate of drug-likeness (QED) is 0.110. The number of para-hydroxylation sites is 2. The van der Waals surface area contributed by atoms with E-state index in [0.29, 0.717) is 11.3 Å². The fraction of sp³-hybridized carbons (Fsp3) is 0. The van der Waals surface area contributed by atoms with Crippen molar-refractivity contribution in [3.05, 3.63) is 118 Å². The first kappa shape index (κ1) is 27.2. The van der Waals surface area contributed by atoms with Crippen LogP contribution in [0.3, 0.4) is 0 Å². The minimum Gasteiger partial charge on any atom is -0.478 e. The lowest BCUT2D eigenvalue weighted by Gasteiger charge is -2.13. The number of hydrazone groups is 1. The highest BCUT2D eigenvalue weighted by Crippen LogP contribution is 2.30. The minimum absolute atomic E-state index is 0.0692. The van der Waals surface area contributed by atoms with Gasteiger partial charge in [0.05, 0.1) is 38.6 Å². The minimum atomic E-state index is -4.50. The van der Waals surface area contributed by atoms with Gasteiger partial charge in [-0.15, -0.1) is 11.3 Å². The maximum Gasteiger partial charge on any atom is 0.337 e. The molecule has 12 nitrogen and oxygen atoms in total. The van der Waals surface area contributed by atoms with Gasteiger partial charge in [0.1, 0.15) is 10.6 Å². The molecule has 5 rings (SSSR count). The summed E-state index contributed by atoms with van der Waals surface area (Å²) in [5.74, 6) is -1.34. The number of nitrogens with one attached hydrogen (secondary N) is 2. The van der Waals surface area contributed by atoms with Gasteiger partial charge in [-0.05, 0) is 41.8 Å². The summed E-state index contributed by atoms with van der Waals surface area (Å²) in [6.07, 6.45) is 3.24. The van der Waals surface area contributed by atoms with Crippen LogP contribution in [0.4, 0.5) is 17.1 Å². The summed E-state index contributed by atoms with van der Waals surface area (Å²) in [5, 5.41) is 31.7. The van der Waals surface area contributed by atoms with E-state index in [0.717, 1.165) is 22.7 Å². The average molecular weight is 589 g/mol. The number of aromatic nitrogens is 2. The van der Waals surface area contributed by atoms with Crippen molar-refractivity contribution in [1.82, 2.24) is 9.78 Å². The summed E-state index contributed by atoms with van der Waals surface area (Å²) in [6, 6.07) is 21.9. The molecule has 5 aromatic rings. The molecule has 14 heteroatoms. The van der Waals surface area contributed by atoms with E-state index in [4.69, 9.17) is 0 Å². The first-order chi connectivity index (χ1) is 19.7. The summed E-state index contributed by atoms with van der Waals surface area (Å²) < 4.78 is 30.6. The van der Waals surface area contributed by atoms with Crippen molar-refractivity contribution in [3.8, 4) is 16.3 Å². The third kappa shape index (κ3) is 5.98. The van der Waals surface area contributed by atoms with E-state index in [1.165, 1.54) is 47.9 Å². The molecule has 0 aliphatic carbocycles. The van der Waals surface area contributed by atoms with Crippen LogP contribution in [-0.4, -0.2) is 40.4 Å². The van der Waals surface area contributed by atoms with Crippen LogP contribution in [0.2, 0.25) is 0 Å². The number of nitro benzene ring substituents is 1. The molecule has 0 amide bonds. The predicted molar refractivity (Wildman–Crippen MR) is 155 cm³/mol. The third-order valence-corrected chi connectivity index (χ3v) is 8.06. The number of thiophene rings is 1. The number of hydrogen-bond acceptors (Lipinski definition) is 9. The number of carboxylic acid groups (broad SMARTS) is 1. The van der Waals surface area contributed by atoms with E-state index in [9.17, 15) is 28.4 Å². The molecule has 0 atom stereocenters. The van der Waals surface area contributed by atoms with Crippen LogP contribution in [0.25, 0.3) is 16.3 Å². The van der Waals surface area contributed by atoms with Crippen molar-refractivity contribution >= 4 is 50.6 Å². The Kier molecular flexibility index (Phi) is 7.58. The van der Waals surface area contributed by atoms with E-state index in [-0.39, 0.29) is 16.9 Å². The molecule has 0 bridgehead atoms. The van der Waals surface area contributed by atoms with Gasteiger partial charge in [0.25, 0.3) is 15.7 Å². The van der Waals surface area contributed by atoms with E-state index >= 15 is 0 Å². The number of non-ortho nitro benzene ring substituents is 1. The molecule has 0 radical (unpaired) electrons. The maximum absolute atomic E-state index is 13.3. The molecule has 0 unspecified atom stereocenters. The van der Waals surface area contributed by atoms with Gasteiger partial charge < -0.3 is 5.11 Å². The number of anilines is 2. The van der Waals surface area contributed by atoms with E-state index in [1.54, 1.807) is 10.9 Å². The predicted octanol–water partition coefficient (Wildman–Crippen LogP) is 5.45. The Labute approximate surface area is 237 Å². The lowest BCUT2D eigenvalue weighted by Crippen LogP contribution is -2.17. The highest BCUT2D eigenvalue weighted by Gasteiger charge is 2.24. The van der Waals surface area contributed by atoms with Crippen LogP contribution in [0.15, 0.2) is 107 Å². The number of nitro groups is 1. The van der Waals surface area contributed by atoms with Crippen LogP contribution in [0, 0.1) is 10.1 Å². The summed E-state index contributed by atoms with van der Waals surface area (Å²) in [7, 11) is -4.50. The summed E-state index contributed by atoms with van der Waals surface area (Å²) in [6.45, 7) is 0. The van der Waals surface area contributed by atoms with E-state index in [1.807, 2.05) is 47.8 Å². The van der Waals surface area contributed by atoms with Gasteiger partial charge >= 0.3 is 5.97 Å². The second-order valence-corrected chi connectivity index (χ2v) is 11.1. The zero-order chi connectivity index (χ0) is 29.0. The van der Waals surface area contributed by atoms with Crippen LogP contribution < -0.4 is 10.1 Å². The van der Waals surface area contributed by atoms with E-state index < -0.39 is 31.5 Å². The zero-order valence-corrected chi connectivity index (χ0v) is 22.5. The normalized spacial score (nSPS) is 11.4. The molecule has 0 aliphatic heterocycles. The van der Waals surface area contributed by atoms with Gasteiger partial charge in [-0.25, -0.2) is 17.9 Å². The van der Waals surface area contributed by atoms with Crippen LogP contribution in [-0.2, 0) is 10.0 Å². The first-order valence-corrected chi connectivity index (χ1v) is 14.2. The fourth-order valence-corrected chi connectivity index (χ4v) is 5.86. The van der Waals surface area contributed by atoms with Crippen molar-refractivity contribution < 1.29 is 23.2 Å². The van der Waals surface area contributed by atoms with Crippen molar-refractivity contribution in [2.24, 2.45) is 5.10 Å². The van der Waals surface area contributed by atoms with Gasteiger partial charge in [-0.1, -0.05) is 36.4 Å².